The Balaban J connectivity index is 1.49. The molecule has 0 spiro atoms. The third-order valence-corrected chi connectivity index (χ3v) is 9.32. The van der Waals surface area contributed by atoms with Gasteiger partial charge in [0.25, 0.3) is 0 Å². The SMILES string of the molecule is CNCCNC(=O)CCCOc1cc(C)c(S(=O)(=O)NC(CNC(=O)CCCCc2ccc3c(n2)NCCC3)C(=O)OC)c(C)c1. The maximum Gasteiger partial charge on any atom is 0.325 e. The molecule has 0 saturated heterocycles. The number of aromatic nitrogens is 1. The predicted molar refractivity (Wildman–Crippen MR) is 175 cm³/mol. The molecule has 0 radical (unpaired) electrons. The summed E-state index contributed by atoms with van der Waals surface area (Å²) < 4.78 is 39.8. The zero-order valence-corrected chi connectivity index (χ0v) is 28.1. The van der Waals surface area contributed by atoms with E-state index in [1.165, 1.54) is 5.56 Å². The number of fused-ring (bicyclic) bond motifs is 1. The van der Waals surface area contributed by atoms with Crippen molar-refractivity contribution in [2.45, 2.75) is 76.2 Å². The van der Waals surface area contributed by atoms with Crippen LogP contribution in [0.3, 0.4) is 0 Å². The summed E-state index contributed by atoms with van der Waals surface area (Å²) in [5.41, 5.74) is 3.04. The molecule has 1 atom stereocenters. The van der Waals surface area contributed by atoms with Crippen LogP contribution in [0.5, 0.6) is 5.75 Å². The zero-order chi connectivity index (χ0) is 33.5. The number of hydrogen-bond donors (Lipinski definition) is 5. The van der Waals surface area contributed by atoms with Crippen LogP contribution in [-0.2, 0) is 42.0 Å². The van der Waals surface area contributed by atoms with Crippen molar-refractivity contribution in [2.24, 2.45) is 0 Å². The maximum atomic E-state index is 13.4. The average molecular weight is 661 g/mol. The van der Waals surface area contributed by atoms with Crippen LogP contribution in [0.25, 0.3) is 0 Å². The summed E-state index contributed by atoms with van der Waals surface area (Å²) in [6, 6.07) is 6.01. The Morgan fingerprint density at radius 1 is 1.00 bits per heavy atom. The molecule has 0 fully saturated rings. The van der Waals surface area contributed by atoms with Crippen LogP contribution in [0.4, 0.5) is 5.82 Å². The monoisotopic (exact) mass is 660 g/mol. The second-order valence-electron chi connectivity index (χ2n) is 11.3. The Labute approximate surface area is 272 Å². The zero-order valence-electron chi connectivity index (χ0n) is 27.3. The molecule has 2 heterocycles. The van der Waals surface area contributed by atoms with Gasteiger partial charge >= 0.3 is 5.97 Å². The summed E-state index contributed by atoms with van der Waals surface area (Å²) >= 11 is 0. The van der Waals surface area contributed by atoms with Crippen LogP contribution >= 0.6 is 0 Å². The first kappa shape index (κ1) is 36.7. The third kappa shape index (κ3) is 11.6. The number of carbonyl (C=O) groups is 3. The van der Waals surface area contributed by atoms with Gasteiger partial charge in [-0.2, -0.15) is 4.72 Å². The number of amides is 2. The summed E-state index contributed by atoms with van der Waals surface area (Å²) in [6.07, 6.45) is 5.29. The second kappa shape index (κ2) is 18.4. The lowest BCUT2D eigenvalue weighted by Crippen LogP contribution is -2.49. The number of esters is 1. The summed E-state index contributed by atoms with van der Waals surface area (Å²) in [6.45, 7) is 5.46. The van der Waals surface area contributed by atoms with Crippen molar-refractivity contribution >= 4 is 33.6 Å². The van der Waals surface area contributed by atoms with E-state index in [1.54, 1.807) is 26.0 Å². The molecule has 14 heteroatoms. The van der Waals surface area contributed by atoms with Crippen LogP contribution in [-0.4, -0.2) is 84.2 Å². The number of methoxy groups -OCH3 is 1. The quantitative estimate of drug-likeness (QED) is 0.111. The molecule has 1 aliphatic heterocycles. The van der Waals surface area contributed by atoms with Crippen molar-refractivity contribution in [3.8, 4) is 5.75 Å². The molecule has 0 saturated carbocycles. The Morgan fingerprint density at radius 3 is 2.43 bits per heavy atom. The standard InChI is InChI=1S/C32H48N6O7S/c1-22-19-26(45-18-8-12-28(39)34-17-16-33-3)20-23(2)30(22)46(42,43)38-27(32(41)44-4)21-36-29(40)11-6-5-10-25-14-13-24-9-7-15-35-31(24)37-25/h13-14,19-20,27,33,38H,5-12,15-18,21H2,1-4H3,(H,34,39)(H,35,37)(H,36,40). The van der Waals surface area contributed by atoms with E-state index in [2.05, 4.69) is 37.0 Å². The number of aryl methyl sites for hydroxylation is 4. The van der Waals surface area contributed by atoms with Crippen LogP contribution < -0.4 is 30.7 Å². The van der Waals surface area contributed by atoms with Crippen molar-refractivity contribution in [3.63, 3.8) is 0 Å². The minimum Gasteiger partial charge on any atom is -0.494 e. The fourth-order valence-corrected chi connectivity index (χ4v) is 6.86. The minimum atomic E-state index is -4.17. The molecule has 254 valence electrons. The summed E-state index contributed by atoms with van der Waals surface area (Å²) in [5.74, 6) is 0.242. The van der Waals surface area contributed by atoms with Gasteiger partial charge in [-0.15, -0.1) is 0 Å². The number of ether oxygens (including phenoxy) is 2. The molecule has 1 unspecified atom stereocenters. The van der Waals surface area contributed by atoms with Gasteiger partial charge < -0.3 is 30.7 Å². The van der Waals surface area contributed by atoms with E-state index >= 15 is 0 Å². The molecule has 3 rings (SSSR count). The number of hydrogen-bond acceptors (Lipinski definition) is 10. The van der Waals surface area contributed by atoms with Crippen LogP contribution in [0, 0.1) is 13.8 Å². The van der Waals surface area contributed by atoms with Gasteiger partial charge in [0, 0.05) is 44.7 Å². The fraction of sp³-hybridized carbons (Fsp3) is 0.562. The molecular weight excluding hydrogens is 612 g/mol. The molecule has 0 bridgehead atoms. The molecule has 46 heavy (non-hydrogen) atoms. The van der Waals surface area contributed by atoms with Crippen molar-refractivity contribution in [1.29, 1.82) is 0 Å². The number of benzene rings is 1. The first-order chi connectivity index (χ1) is 22.0. The first-order valence-corrected chi connectivity index (χ1v) is 17.3. The molecule has 13 nitrogen and oxygen atoms in total. The second-order valence-corrected chi connectivity index (χ2v) is 13.0. The summed E-state index contributed by atoms with van der Waals surface area (Å²) in [4.78, 5) is 41.6. The van der Waals surface area contributed by atoms with E-state index in [1.807, 2.05) is 13.1 Å². The van der Waals surface area contributed by atoms with E-state index < -0.39 is 22.0 Å². The molecule has 0 aliphatic carbocycles. The Hall–Kier alpha value is -3.75. The van der Waals surface area contributed by atoms with Crippen molar-refractivity contribution < 1.29 is 32.3 Å². The van der Waals surface area contributed by atoms with Gasteiger partial charge in [-0.25, -0.2) is 13.4 Å². The smallest absolute Gasteiger partial charge is 0.325 e. The average Bonchev–Trinajstić information content (AvgIpc) is 3.02. The van der Waals surface area contributed by atoms with E-state index in [0.717, 1.165) is 50.8 Å². The van der Waals surface area contributed by atoms with Crippen LogP contribution in [0.15, 0.2) is 29.2 Å². The van der Waals surface area contributed by atoms with E-state index in [0.29, 0.717) is 49.2 Å². The summed E-state index contributed by atoms with van der Waals surface area (Å²) in [5, 5.41) is 11.7. The number of nitrogens with one attached hydrogen (secondary N) is 5. The number of unbranched alkanes of at least 4 members (excludes halogenated alkanes) is 1. The molecule has 1 aliphatic rings. The summed E-state index contributed by atoms with van der Waals surface area (Å²) in [7, 11) is -1.21. The number of anilines is 1. The Kier molecular flexibility index (Phi) is 14.7. The highest BCUT2D eigenvalue weighted by Crippen LogP contribution is 2.26. The predicted octanol–water partition coefficient (Wildman–Crippen LogP) is 1.90. The first-order valence-electron chi connectivity index (χ1n) is 15.8. The number of likely N-dealkylation sites (N-methyl/N-ethyl adjacent to an activating group) is 1. The van der Waals surface area contributed by atoms with Crippen molar-refractivity contribution in [1.82, 2.24) is 25.7 Å². The van der Waals surface area contributed by atoms with Crippen LogP contribution in [0.1, 0.15) is 60.9 Å². The van der Waals surface area contributed by atoms with Gasteiger partial charge in [0.05, 0.1) is 18.6 Å². The molecule has 1 aromatic carbocycles. The van der Waals surface area contributed by atoms with Gasteiger partial charge in [-0.1, -0.05) is 6.07 Å². The molecular formula is C32H48N6O7S. The van der Waals surface area contributed by atoms with Crippen molar-refractivity contribution in [2.75, 3.05) is 52.3 Å². The highest BCUT2D eigenvalue weighted by molar-refractivity contribution is 7.89. The van der Waals surface area contributed by atoms with E-state index in [-0.39, 0.29) is 36.3 Å². The number of pyridine rings is 1. The highest BCUT2D eigenvalue weighted by atomic mass is 32.2. The number of sulfonamides is 1. The molecule has 5 N–H and O–H groups in total. The molecule has 1 aromatic heterocycles. The van der Waals surface area contributed by atoms with Crippen molar-refractivity contribution in [3.05, 3.63) is 46.6 Å². The normalized spacial score (nSPS) is 13.2. The van der Waals surface area contributed by atoms with Gasteiger partial charge in [-0.3, -0.25) is 14.4 Å². The van der Waals surface area contributed by atoms with E-state index in [4.69, 9.17) is 9.47 Å². The lowest BCUT2D eigenvalue weighted by atomic mass is 10.1. The number of rotatable bonds is 19. The Morgan fingerprint density at radius 2 is 1.72 bits per heavy atom. The maximum absolute atomic E-state index is 13.4. The van der Waals surface area contributed by atoms with Crippen LogP contribution in [0.2, 0.25) is 0 Å². The lowest BCUT2D eigenvalue weighted by Gasteiger charge is -2.20. The fourth-order valence-electron chi connectivity index (χ4n) is 5.22. The topological polar surface area (TPSA) is 177 Å². The third-order valence-electron chi connectivity index (χ3n) is 7.54. The minimum absolute atomic E-state index is 0.00924. The number of nitrogens with zero attached hydrogens (tertiary/aromatic N) is 1. The molecule has 2 aromatic rings. The largest absolute Gasteiger partial charge is 0.494 e. The highest BCUT2D eigenvalue weighted by Gasteiger charge is 2.29. The van der Waals surface area contributed by atoms with E-state index in [9.17, 15) is 22.8 Å². The van der Waals surface area contributed by atoms with Gasteiger partial charge in [0.1, 0.15) is 17.6 Å². The van der Waals surface area contributed by atoms with Gasteiger partial charge in [0.15, 0.2) is 0 Å². The lowest BCUT2D eigenvalue weighted by molar-refractivity contribution is -0.142. The van der Waals surface area contributed by atoms with Gasteiger partial charge in [0.2, 0.25) is 21.8 Å². The number of carbonyl (C=O) groups excluding carboxylic acids is 3. The Bertz CT molecular complexity index is 1430. The van der Waals surface area contributed by atoms with Gasteiger partial charge in [-0.05, 0) is 94.3 Å². The molecule has 2 amide bonds.